The minimum Gasteiger partial charge on any atom is -0.466 e. The molecule has 126 valence electrons. The Labute approximate surface area is 135 Å². The van der Waals surface area contributed by atoms with Gasteiger partial charge in [0, 0.05) is 17.7 Å². The Bertz CT molecular complexity index is 764. The first-order chi connectivity index (χ1) is 11.3. The molecule has 0 bridgehead atoms. The Hall–Kier alpha value is -3.23. The van der Waals surface area contributed by atoms with Crippen LogP contribution in [0, 0.1) is 10.1 Å². The van der Waals surface area contributed by atoms with Gasteiger partial charge in [-0.05, 0) is 19.1 Å². The highest BCUT2D eigenvalue weighted by molar-refractivity contribution is 6.21. The molecule has 0 aromatic heterocycles. The van der Waals surface area contributed by atoms with Crippen molar-refractivity contribution in [2.75, 3.05) is 14.2 Å². The summed E-state index contributed by atoms with van der Waals surface area (Å²) in [6, 6.07) is 5.04. The van der Waals surface area contributed by atoms with Crippen molar-refractivity contribution in [1.29, 1.82) is 0 Å². The lowest BCUT2D eigenvalue weighted by Gasteiger charge is -2.25. The molecule has 1 unspecified atom stereocenters. The number of benzene rings is 1. The average molecular weight is 335 g/mol. The van der Waals surface area contributed by atoms with Crippen molar-refractivity contribution in [3.8, 4) is 0 Å². The fraction of sp³-hybridized carbons (Fsp3) is 0.267. The number of ether oxygens (including phenoxy) is 3. The Morgan fingerprint density at radius 2 is 1.67 bits per heavy atom. The fourth-order valence-corrected chi connectivity index (χ4v) is 2.42. The minimum absolute atomic E-state index is 0.177. The summed E-state index contributed by atoms with van der Waals surface area (Å²) in [6.07, 6.45) is 0. The van der Waals surface area contributed by atoms with Gasteiger partial charge in [-0.25, -0.2) is 14.4 Å². The summed E-state index contributed by atoms with van der Waals surface area (Å²) in [5.74, 6) is -3.02. The van der Waals surface area contributed by atoms with Gasteiger partial charge in [0.2, 0.25) is 0 Å². The number of carbonyl (C=O) groups is 3. The first kappa shape index (κ1) is 17.1. The van der Waals surface area contributed by atoms with E-state index in [0.29, 0.717) is 0 Å². The molecule has 0 spiro atoms. The molecule has 9 heteroatoms. The van der Waals surface area contributed by atoms with Crippen LogP contribution in [0.3, 0.4) is 0 Å². The monoisotopic (exact) mass is 335 g/mol. The number of hydrogen-bond donors (Lipinski definition) is 0. The van der Waals surface area contributed by atoms with Gasteiger partial charge in [0.15, 0.2) is 11.2 Å². The predicted molar refractivity (Wildman–Crippen MR) is 77.6 cm³/mol. The number of esters is 3. The van der Waals surface area contributed by atoms with Crippen LogP contribution in [-0.4, -0.2) is 37.1 Å². The standard InChI is InChI=1S/C15H13NO8/c1-15(8-4-6-9(7-5-8)16(20)21)11(14(19)23-3)10(12(17)22-2)13(18)24-15/h4-7H,1-3H3. The van der Waals surface area contributed by atoms with Gasteiger partial charge in [0.1, 0.15) is 5.57 Å². The maximum Gasteiger partial charge on any atom is 0.347 e. The second kappa shape index (κ2) is 6.11. The van der Waals surface area contributed by atoms with Crippen LogP contribution in [0.15, 0.2) is 35.4 Å². The molecule has 0 radical (unpaired) electrons. The molecule has 1 aromatic rings. The van der Waals surface area contributed by atoms with Gasteiger partial charge < -0.3 is 14.2 Å². The van der Waals surface area contributed by atoms with E-state index in [-0.39, 0.29) is 16.8 Å². The number of carbonyl (C=O) groups excluding carboxylic acids is 3. The lowest BCUT2D eigenvalue weighted by molar-refractivity contribution is -0.384. The second-order valence-electron chi connectivity index (χ2n) is 4.96. The van der Waals surface area contributed by atoms with Crippen LogP contribution in [0.5, 0.6) is 0 Å². The normalized spacial score (nSPS) is 19.7. The Balaban J connectivity index is 2.63. The van der Waals surface area contributed by atoms with E-state index in [1.54, 1.807) is 0 Å². The SMILES string of the molecule is COC(=O)C1=C(C(=O)OC)C(C)(c2ccc([N+](=O)[O-])cc2)OC1=O. The molecule has 0 aliphatic carbocycles. The highest BCUT2D eigenvalue weighted by Gasteiger charge is 2.52. The molecular weight excluding hydrogens is 322 g/mol. The van der Waals surface area contributed by atoms with Crippen molar-refractivity contribution in [2.24, 2.45) is 0 Å². The van der Waals surface area contributed by atoms with Gasteiger partial charge in [-0.1, -0.05) is 0 Å². The van der Waals surface area contributed by atoms with Crippen LogP contribution in [-0.2, 0) is 34.2 Å². The summed E-state index contributed by atoms with van der Waals surface area (Å²) in [7, 11) is 2.14. The zero-order chi connectivity index (χ0) is 18.1. The van der Waals surface area contributed by atoms with Crippen LogP contribution < -0.4 is 0 Å². The zero-order valence-corrected chi connectivity index (χ0v) is 13.0. The average Bonchev–Trinajstić information content (AvgIpc) is 2.85. The van der Waals surface area contributed by atoms with E-state index in [1.165, 1.54) is 31.2 Å². The molecule has 2 rings (SSSR count). The number of nitrogens with zero attached hydrogens (tertiary/aromatic N) is 1. The van der Waals surface area contributed by atoms with E-state index in [2.05, 4.69) is 9.47 Å². The Morgan fingerprint density at radius 1 is 1.12 bits per heavy atom. The third-order valence-electron chi connectivity index (χ3n) is 3.64. The molecule has 0 N–H and O–H groups in total. The highest BCUT2D eigenvalue weighted by Crippen LogP contribution is 2.42. The maximum absolute atomic E-state index is 12.1. The number of cyclic esters (lactones) is 1. The zero-order valence-electron chi connectivity index (χ0n) is 13.0. The quantitative estimate of drug-likeness (QED) is 0.263. The highest BCUT2D eigenvalue weighted by atomic mass is 16.6. The molecule has 9 nitrogen and oxygen atoms in total. The smallest absolute Gasteiger partial charge is 0.347 e. The van der Waals surface area contributed by atoms with Crippen molar-refractivity contribution in [3.05, 3.63) is 51.1 Å². The molecule has 0 amide bonds. The molecule has 0 saturated carbocycles. The Morgan fingerprint density at radius 3 is 2.12 bits per heavy atom. The number of non-ortho nitro benzene ring substituents is 1. The van der Waals surface area contributed by atoms with Crippen molar-refractivity contribution in [2.45, 2.75) is 12.5 Å². The predicted octanol–water partition coefficient (Wildman–Crippen LogP) is 1.01. The van der Waals surface area contributed by atoms with Crippen LogP contribution >= 0.6 is 0 Å². The molecule has 0 saturated heterocycles. The number of hydrogen-bond acceptors (Lipinski definition) is 8. The number of nitro groups is 1. The van der Waals surface area contributed by atoms with Crippen molar-refractivity contribution < 1.29 is 33.5 Å². The minimum atomic E-state index is -1.64. The maximum atomic E-state index is 12.1. The second-order valence-corrected chi connectivity index (χ2v) is 4.96. The first-order valence-electron chi connectivity index (χ1n) is 6.66. The largest absolute Gasteiger partial charge is 0.466 e. The molecular formula is C15H13NO8. The number of methoxy groups -OCH3 is 2. The van der Waals surface area contributed by atoms with E-state index in [0.717, 1.165) is 14.2 Å². The van der Waals surface area contributed by atoms with E-state index in [9.17, 15) is 24.5 Å². The summed E-state index contributed by atoms with van der Waals surface area (Å²) >= 11 is 0. The summed E-state index contributed by atoms with van der Waals surface area (Å²) in [5, 5.41) is 10.7. The lowest BCUT2D eigenvalue weighted by atomic mass is 9.86. The molecule has 1 heterocycles. The molecule has 1 aromatic carbocycles. The number of rotatable bonds is 4. The third kappa shape index (κ3) is 2.60. The van der Waals surface area contributed by atoms with Crippen molar-refractivity contribution in [1.82, 2.24) is 0 Å². The van der Waals surface area contributed by atoms with Gasteiger partial charge in [-0.15, -0.1) is 0 Å². The van der Waals surface area contributed by atoms with Crippen LogP contribution in [0.2, 0.25) is 0 Å². The van der Waals surface area contributed by atoms with Gasteiger partial charge in [-0.3, -0.25) is 10.1 Å². The van der Waals surface area contributed by atoms with E-state index in [4.69, 9.17) is 4.74 Å². The van der Waals surface area contributed by atoms with Crippen LogP contribution in [0.25, 0.3) is 0 Å². The van der Waals surface area contributed by atoms with Gasteiger partial charge >= 0.3 is 17.9 Å². The lowest BCUT2D eigenvalue weighted by Crippen LogP contribution is -2.29. The van der Waals surface area contributed by atoms with E-state index < -0.39 is 34.0 Å². The topological polar surface area (TPSA) is 122 Å². The van der Waals surface area contributed by atoms with E-state index in [1.807, 2.05) is 0 Å². The van der Waals surface area contributed by atoms with Crippen molar-refractivity contribution in [3.63, 3.8) is 0 Å². The Kier molecular flexibility index (Phi) is 4.36. The molecule has 1 aliphatic heterocycles. The van der Waals surface area contributed by atoms with E-state index >= 15 is 0 Å². The van der Waals surface area contributed by atoms with Gasteiger partial charge in [-0.2, -0.15) is 0 Å². The van der Waals surface area contributed by atoms with Gasteiger partial charge in [0.05, 0.1) is 19.1 Å². The molecule has 0 fully saturated rings. The third-order valence-corrected chi connectivity index (χ3v) is 3.64. The molecule has 1 atom stereocenters. The summed E-state index contributed by atoms with van der Waals surface area (Å²) in [4.78, 5) is 46.2. The summed E-state index contributed by atoms with van der Waals surface area (Å²) in [5.41, 5.74) is -2.44. The van der Waals surface area contributed by atoms with Crippen molar-refractivity contribution >= 4 is 23.6 Å². The van der Waals surface area contributed by atoms with Gasteiger partial charge in [0.25, 0.3) is 5.69 Å². The molecule has 24 heavy (non-hydrogen) atoms. The summed E-state index contributed by atoms with van der Waals surface area (Å²) in [6.45, 7) is 1.38. The van der Waals surface area contributed by atoms with Crippen LogP contribution in [0.1, 0.15) is 12.5 Å². The van der Waals surface area contributed by atoms with Crippen LogP contribution in [0.4, 0.5) is 5.69 Å². The molecule has 1 aliphatic rings. The first-order valence-corrected chi connectivity index (χ1v) is 6.66. The summed E-state index contributed by atoms with van der Waals surface area (Å²) < 4.78 is 14.4. The fourth-order valence-electron chi connectivity index (χ4n) is 2.42. The number of nitro benzene ring substituents is 1.